The van der Waals surface area contributed by atoms with E-state index in [-0.39, 0.29) is 11.4 Å². The molecule has 1 aromatic heterocycles. The van der Waals surface area contributed by atoms with E-state index in [0.717, 1.165) is 26.1 Å². The number of hydrogen-bond acceptors (Lipinski definition) is 4. The molecule has 118 valence electrons. The second-order valence-corrected chi connectivity index (χ2v) is 4.76. The first-order chi connectivity index (χ1) is 10.0. The summed E-state index contributed by atoms with van der Waals surface area (Å²) in [5.41, 5.74) is -0.331. The molecule has 0 radical (unpaired) electrons. The van der Waals surface area contributed by atoms with Gasteiger partial charge in [-0.05, 0) is 39.0 Å². The van der Waals surface area contributed by atoms with Gasteiger partial charge in [0, 0.05) is 19.3 Å². The Morgan fingerprint density at radius 1 is 1.24 bits per heavy atom. The number of nitrogens with zero attached hydrogens (tertiary/aromatic N) is 3. The first kappa shape index (κ1) is 17.4. The van der Waals surface area contributed by atoms with Crippen molar-refractivity contribution in [1.82, 2.24) is 9.88 Å². The smallest absolute Gasteiger partial charge is 0.338 e. The van der Waals surface area contributed by atoms with E-state index in [2.05, 4.69) is 23.7 Å². The molecule has 0 unspecified atom stereocenters. The predicted octanol–water partition coefficient (Wildman–Crippen LogP) is 2.48. The molecule has 21 heavy (non-hydrogen) atoms. The fraction of sp³-hybridized carbons (Fsp3) is 0.600. The summed E-state index contributed by atoms with van der Waals surface area (Å²) < 4.78 is 14.2. The van der Waals surface area contributed by atoms with E-state index in [4.69, 9.17) is 5.11 Å². The topological polar surface area (TPSA) is 56.7 Å². The van der Waals surface area contributed by atoms with Crippen LogP contribution in [0.4, 0.5) is 10.2 Å². The van der Waals surface area contributed by atoms with E-state index in [1.54, 1.807) is 4.90 Å². The average molecular weight is 297 g/mol. The molecule has 0 aromatic carbocycles. The van der Waals surface area contributed by atoms with Crippen molar-refractivity contribution in [2.45, 2.75) is 27.2 Å². The second kappa shape index (κ2) is 8.56. The van der Waals surface area contributed by atoms with Crippen LogP contribution in [0.2, 0.25) is 0 Å². The van der Waals surface area contributed by atoms with Crippen LogP contribution in [0.3, 0.4) is 0 Å². The van der Waals surface area contributed by atoms with Gasteiger partial charge in [0.05, 0.1) is 0 Å². The lowest BCUT2D eigenvalue weighted by Gasteiger charge is -2.25. The zero-order chi connectivity index (χ0) is 15.8. The molecule has 1 N–H and O–H groups in total. The Morgan fingerprint density at radius 2 is 1.90 bits per heavy atom. The maximum absolute atomic E-state index is 14.2. The highest BCUT2D eigenvalue weighted by molar-refractivity contribution is 5.88. The summed E-state index contributed by atoms with van der Waals surface area (Å²) in [7, 11) is 0. The van der Waals surface area contributed by atoms with Gasteiger partial charge < -0.3 is 14.9 Å². The lowest BCUT2D eigenvalue weighted by molar-refractivity contribution is 0.0691. The number of aromatic carboxylic acids is 1. The highest BCUT2D eigenvalue weighted by Crippen LogP contribution is 2.19. The van der Waals surface area contributed by atoms with Gasteiger partial charge in [0.2, 0.25) is 0 Å². The number of carbonyl (C=O) groups is 1. The Morgan fingerprint density at radius 3 is 2.43 bits per heavy atom. The highest BCUT2D eigenvalue weighted by Gasteiger charge is 2.18. The third-order valence-corrected chi connectivity index (χ3v) is 3.58. The molecule has 0 bridgehead atoms. The van der Waals surface area contributed by atoms with Crippen LogP contribution in [-0.2, 0) is 0 Å². The van der Waals surface area contributed by atoms with Crippen molar-refractivity contribution < 1.29 is 14.3 Å². The molecule has 0 atom stereocenters. The lowest BCUT2D eigenvalue weighted by Crippen LogP contribution is -2.31. The Labute approximate surface area is 125 Å². The maximum Gasteiger partial charge on any atom is 0.338 e. The van der Waals surface area contributed by atoms with Gasteiger partial charge in [-0.3, -0.25) is 0 Å². The molecule has 1 aromatic rings. The number of aromatic nitrogens is 1. The summed E-state index contributed by atoms with van der Waals surface area (Å²) in [5.74, 6) is -1.90. The van der Waals surface area contributed by atoms with E-state index in [0.29, 0.717) is 13.1 Å². The molecule has 0 amide bonds. The van der Waals surface area contributed by atoms with Gasteiger partial charge in [0.1, 0.15) is 5.56 Å². The van der Waals surface area contributed by atoms with Crippen molar-refractivity contribution in [2.75, 3.05) is 37.6 Å². The number of hydrogen-bond donors (Lipinski definition) is 1. The summed E-state index contributed by atoms with van der Waals surface area (Å²) in [5, 5.41) is 8.96. The molecular formula is C15H24FN3O2. The van der Waals surface area contributed by atoms with Gasteiger partial charge in [-0.15, -0.1) is 0 Å². The van der Waals surface area contributed by atoms with Crippen LogP contribution in [0.1, 0.15) is 37.6 Å². The Balaban J connectivity index is 2.76. The second-order valence-electron chi connectivity index (χ2n) is 4.76. The minimum atomic E-state index is -1.27. The molecule has 0 spiro atoms. The Hall–Kier alpha value is -1.69. The van der Waals surface area contributed by atoms with Crippen molar-refractivity contribution in [3.05, 3.63) is 23.6 Å². The molecule has 5 nitrogen and oxygen atoms in total. The first-order valence-corrected chi connectivity index (χ1v) is 7.40. The minimum Gasteiger partial charge on any atom is -0.478 e. The summed E-state index contributed by atoms with van der Waals surface area (Å²) >= 11 is 0. The fourth-order valence-electron chi connectivity index (χ4n) is 2.26. The average Bonchev–Trinajstić information content (AvgIpc) is 2.48. The molecule has 1 rings (SSSR count). The summed E-state index contributed by atoms with van der Waals surface area (Å²) in [6, 6.07) is 1.19. The van der Waals surface area contributed by atoms with Crippen molar-refractivity contribution in [3.63, 3.8) is 0 Å². The third-order valence-electron chi connectivity index (χ3n) is 3.58. The van der Waals surface area contributed by atoms with E-state index >= 15 is 0 Å². The molecule has 0 aliphatic rings. The normalized spacial score (nSPS) is 10.9. The maximum atomic E-state index is 14.2. The number of rotatable bonds is 9. The molecule has 0 aliphatic heterocycles. The van der Waals surface area contributed by atoms with E-state index in [1.165, 1.54) is 12.3 Å². The number of carboxylic acid groups (broad SMARTS) is 1. The SMILES string of the molecule is CCN(CC)CCCN(CC)c1nccc(C(=O)O)c1F. The van der Waals surface area contributed by atoms with E-state index in [1.807, 2.05) is 6.92 Å². The molecule has 0 saturated carbocycles. The van der Waals surface area contributed by atoms with Crippen LogP contribution in [0.15, 0.2) is 12.3 Å². The number of carboxylic acids is 1. The van der Waals surface area contributed by atoms with Gasteiger partial charge in [0.15, 0.2) is 11.6 Å². The summed E-state index contributed by atoms with van der Waals surface area (Å²) in [6.45, 7) is 10.3. The van der Waals surface area contributed by atoms with Crippen molar-refractivity contribution in [2.24, 2.45) is 0 Å². The zero-order valence-corrected chi connectivity index (χ0v) is 13.0. The zero-order valence-electron chi connectivity index (χ0n) is 13.0. The van der Waals surface area contributed by atoms with Crippen LogP contribution in [0, 0.1) is 5.82 Å². The molecule has 0 fully saturated rings. The number of pyridine rings is 1. The molecular weight excluding hydrogens is 273 g/mol. The van der Waals surface area contributed by atoms with Crippen molar-refractivity contribution in [3.8, 4) is 0 Å². The van der Waals surface area contributed by atoms with Crippen molar-refractivity contribution >= 4 is 11.8 Å². The standard InChI is InChI=1S/C15H24FN3O2/c1-4-18(5-2)10-7-11-19(6-3)14-13(16)12(15(20)21)8-9-17-14/h8-9H,4-7,10-11H2,1-3H3,(H,20,21). The highest BCUT2D eigenvalue weighted by atomic mass is 19.1. The molecule has 0 saturated heterocycles. The summed E-state index contributed by atoms with van der Waals surface area (Å²) in [6.07, 6.45) is 2.23. The van der Waals surface area contributed by atoms with Crippen molar-refractivity contribution in [1.29, 1.82) is 0 Å². The monoisotopic (exact) mass is 297 g/mol. The van der Waals surface area contributed by atoms with Gasteiger partial charge in [-0.1, -0.05) is 13.8 Å². The first-order valence-electron chi connectivity index (χ1n) is 7.40. The predicted molar refractivity (Wildman–Crippen MR) is 81.4 cm³/mol. The third kappa shape index (κ3) is 4.67. The van der Waals surface area contributed by atoms with Gasteiger partial charge in [-0.2, -0.15) is 0 Å². The van der Waals surface area contributed by atoms with Crippen LogP contribution in [0.5, 0.6) is 0 Å². The molecule has 6 heteroatoms. The van der Waals surface area contributed by atoms with E-state index in [9.17, 15) is 9.18 Å². The minimum absolute atomic E-state index is 0.122. The number of halogens is 1. The summed E-state index contributed by atoms with van der Waals surface area (Å²) in [4.78, 5) is 19.1. The quantitative estimate of drug-likeness (QED) is 0.759. The van der Waals surface area contributed by atoms with Crippen LogP contribution in [0.25, 0.3) is 0 Å². The Bertz CT molecular complexity index is 464. The van der Waals surface area contributed by atoms with Crippen LogP contribution < -0.4 is 4.90 Å². The van der Waals surface area contributed by atoms with Crippen LogP contribution in [-0.4, -0.2) is 53.7 Å². The number of anilines is 1. The molecule has 0 aliphatic carbocycles. The largest absolute Gasteiger partial charge is 0.478 e. The lowest BCUT2D eigenvalue weighted by atomic mass is 10.2. The van der Waals surface area contributed by atoms with Crippen LogP contribution >= 0.6 is 0 Å². The van der Waals surface area contributed by atoms with Gasteiger partial charge in [-0.25, -0.2) is 14.2 Å². The molecule has 1 heterocycles. The van der Waals surface area contributed by atoms with E-state index < -0.39 is 11.8 Å². The Kier molecular flexibility index (Phi) is 7.08. The van der Waals surface area contributed by atoms with Gasteiger partial charge >= 0.3 is 5.97 Å². The fourth-order valence-corrected chi connectivity index (χ4v) is 2.26. The van der Waals surface area contributed by atoms with Gasteiger partial charge in [0.25, 0.3) is 0 Å².